The predicted molar refractivity (Wildman–Crippen MR) is 127 cm³/mol. The van der Waals surface area contributed by atoms with Crippen molar-refractivity contribution in [2.75, 3.05) is 19.1 Å². The first-order chi connectivity index (χ1) is 15.8. The molecule has 0 aromatic heterocycles. The van der Waals surface area contributed by atoms with Gasteiger partial charge in [-0.05, 0) is 50.1 Å². The quantitative estimate of drug-likeness (QED) is 0.427. The molecule has 0 fully saturated rings. The Bertz CT molecular complexity index is 1340. The van der Waals surface area contributed by atoms with Gasteiger partial charge in [0, 0.05) is 26.3 Å². The van der Waals surface area contributed by atoms with Crippen LogP contribution >= 0.6 is 31.9 Å². The van der Waals surface area contributed by atoms with Crippen LogP contribution in [0.1, 0.15) is 31.8 Å². The summed E-state index contributed by atoms with van der Waals surface area (Å²) in [6.07, 6.45) is 6.06. The van der Waals surface area contributed by atoms with E-state index in [1.807, 2.05) is 0 Å². The molecule has 0 radical (unpaired) electrons. The number of esters is 2. The topological polar surface area (TPSA) is 90.0 Å². The third kappa shape index (κ3) is 3.67. The highest BCUT2D eigenvalue weighted by molar-refractivity contribution is 9.11. The van der Waals surface area contributed by atoms with Gasteiger partial charge < -0.3 is 14.4 Å². The van der Waals surface area contributed by atoms with Gasteiger partial charge in [0.1, 0.15) is 5.70 Å². The Kier molecular flexibility index (Phi) is 6.18. The molecule has 1 aliphatic carbocycles. The summed E-state index contributed by atoms with van der Waals surface area (Å²) in [7, 11) is 2.37. The lowest BCUT2D eigenvalue weighted by molar-refractivity contribution is -0.139. The average molecular weight is 573 g/mol. The Labute approximate surface area is 205 Å². The third-order valence-corrected chi connectivity index (χ3v) is 6.44. The van der Waals surface area contributed by atoms with Crippen molar-refractivity contribution in [3.05, 3.63) is 97.2 Å². The van der Waals surface area contributed by atoms with Crippen LogP contribution in [-0.2, 0) is 19.1 Å². The maximum absolute atomic E-state index is 13.6. The Balaban J connectivity index is 2.08. The van der Waals surface area contributed by atoms with Gasteiger partial charge in [0.05, 0.1) is 36.6 Å². The Hall–Kier alpha value is -3.30. The van der Waals surface area contributed by atoms with E-state index >= 15 is 0 Å². The summed E-state index contributed by atoms with van der Waals surface area (Å²) < 4.78 is 10.6. The number of benzene rings is 2. The van der Waals surface area contributed by atoms with Crippen LogP contribution in [0.3, 0.4) is 0 Å². The molecule has 2 aromatic carbocycles. The maximum Gasteiger partial charge on any atom is 0.355 e. The lowest BCUT2D eigenvalue weighted by atomic mass is 9.83. The number of fused-ring (bicyclic) bond motifs is 2. The minimum Gasteiger partial charge on any atom is -0.465 e. The molecule has 33 heavy (non-hydrogen) atoms. The van der Waals surface area contributed by atoms with E-state index < -0.39 is 17.7 Å². The van der Waals surface area contributed by atoms with Gasteiger partial charge in [0.25, 0.3) is 0 Å². The number of rotatable bonds is 3. The molecule has 0 atom stereocenters. The molecule has 2 aromatic rings. The molecule has 1 aliphatic heterocycles. The number of hydrogen-bond donors (Lipinski definition) is 0. The van der Waals surface area contributed by atoms with Crippen LogP contribution in [-0.4, -0.2) is 37.7 Å². The van der Waals surface area contributed by atoms with E-state index in [2.05, 4.69) is 31.9 Å². The van der Waals surface area contributed by atoms with Gasteiger partial charge in [0.15, 0.2) is 11.6 Å². The van der Waals surface area contributed by atoms with Crippen LogP contribution in [0.15, 0.2) is 75.0 Å². The number of ether oxygens (including phenoxy) is 2. The van der Waals surface area contributed by atoms with Gasteiger partial charge >= 0.3 is 11.9 Å². The number of carbonyl (C=O) groups is 4. The molecular weight excluding hydrogens is 558 g/mol. The van der Waals surface area contributed by atoms with E-state index in [1.165, 1.54) is 31.4 Å². The zero-order valence-corrected chi connectivity index (χ0v) is 20.5. The number of methoxy groups -OCH3 is 2. The first kappa shape index (κ1) is 22.9. The Morgan fingerprint density at radius 1 is 0.848 bits per heavy atom. The Morgan fingerprint density at radius 3 is 2.06 bits per heavy atom. The number of carbonyl (C=O) groups excluding carboxylic acids is 4. The molecular formula is C24H15Br2NO6. The number of halogens is 2. The minimum atomic E-state index is -0.829. The first-order valence-electron chi connectivity index (χ1n) is 9.57. The van der Waals surface area contributed by atoms with Crippen molar-refractivity contribution >= 4 is 61.1 Å². The van der Waals surface area contributed by atoms with Crippen molar-refractivity contribution in [1.82, 2.24) is 0 Å². The average Bonchev–Trinajstić information content (AvgIpc) is 3.04. The molecule has 1 heterocycles. The molecule has 0 saturated heterocycles. The van der Waals surface area contributed by atoms with Gasteiger partial charge in [-0.25, -0.2) is 9.59 Å². The summed E-state index contributed by atoms with van der Waals surface area (Å²) in [4.78, 5) is 53.7. The summed E-state index contributed by atoms with van der Waals surface area (Å²) in [6, 6.07) is 8.15. The third-order valence-electron chi connectivity index (χ3n) is 5.21. The highest BCUT2D eigenvalue weighted by atomic mass is 79.9. The minimum absolute atomic E-state index is 0.0760. The Morgan fingerprint density at radius 2 is 1.45 bits per heavy atom. The van der Waals surface area contributed by atoms with Crippen LogP contribution in [0.2, 0.25) is 0 Å². The van der Waals surface area contributed by atoms with Gasteiger partial charge in [-0.3, -0.25) is 9.59 Å². The fraction of sp³-hybridized carbons (Fsp3) is 0.0833. The van der Waals surface area contributed by atoms with Crippen molar-refractivity contribution in [1.29, 1.82) is 0 Å². The zero-order chi connectivity index (χ0) is 23.9. The lowest BCUT2D eigenvalue weighted by Gasteiger charge is -2.29. The first-order valence-corrected chi connectivity index (χ1v) is 11.2. The summed E-state index contributed by atoms with van der Waals surface area (Å²) in [5.74, 6) is -2.33. The molecule has 166 valence electrons. The molecule has 7 nitrogen and oxygen atoms in total. The van der Waals surface area contributed by atoms with Crippen molar-refractivity contribution < 1.29 is 28.7 Å². The summed E-state index contributed by atoms with van der Waals surface area (Å²) in [5, 5.41) is 0. The van der Waals surface area contributed by atoms with Crippen molar-refractivity contribution in [2.45, 2.75) is 0 Å². The van der Waals surface area contributed by atoms with Gasteiger partial charge in [-0.2, -0.15) is 0 Å². The highest BCUT2D eigenvalue weighted by Crippen LogP contribution is 2.44. The number of nitrogens with zero attached hydrogens (tertiary/aromatic N) is 1. The van der Waals surface area contributed by atoms with Crippen molar-refractivity contribution in [3.63, 3.8) is 0 Å². The summed E-state index contributed by atoms with van der Waals surface area (Å²) >= 11 is 6.87. The second-order valence-electron chi connectivity index (χ2n) is 6.96. The second-order valence-corrected chi connectivity index (χ2v) is 8.67. The SMILES string of the molecule is COC(=O)C1=C(C(=O)OC)N(c2c(Br)cc(Br)c3c2C(=O)c2ccccc2C3=O)C=CC=C1. The lowest BCUT2D eigenvalue weighted by Crippen LogP contribution is -2.31. The fourth-order valence-electron chi connectivity index (χ4n) is 3.77. The highest BCUT2D eigenvalue weighted by Gasteiger charge is 2.38. The van der Waals surface area contributed by atoms with Gasteiger partial charge in [-0.15, -0.1) is 0 Å². The van der Waals surface area contributed by atoms with E-state index in [4.69, 9.17) is 9.47 Å². The fourth-order valence-corrected chi connectivity index (χ4v) is 5.31. The van der Waals surface area contributed by atoms with E-state index in [0.29, 0.717) is 8.95 Å². The van der Waals surface area contributed by atoms with Gasteiger partial charge in [0.2, 0.25) is 0 Å². The van der Waals surface area contributed by atoms with E-state index in [0.717, 1.165) is 0 Å². The van der Waals surface area contributed by atoms with Crippen molar-refractivity contribution in [2.24, 2.45) is 0 Å². The van der Waals surface area contributed by atoms with E-state index in [9.17, 15) is 19.2 Å². The predicted octanol–water partition coefficient (Wildman–Crippen LogP) is 4.48. The normalized spacial score (nSPS) is 14.6. The molecule has 0 saturated carbocycles. The number of allylic oxidation sites excluding steroid dienone is 2. The number of ketones is 2. The van der Waals surface area contributed by atoms with E-state index in [-0.39, 0.29) is 45.0 Å². The molecule has 4 rings (SSSR count). The number of anilines is 1. The molecule has 9 heteroatoms. The zero-order valence-electron chi connectivity index (χ0n) is 17.3. The molecule has 0 spiro atoms. The largest absolute Gasteiger partial charge is 0.465 e. The van der Waals surface area contributed by atoms with Crippen LogP contribution in [0.5, 0.6) is 0 Å². The molecule has 0 N–H and O–H groups in total. The van der Waals surface area contributed by atoms with Crippen LogP contribution < -0.4 is 4.90 Å². The molecule has 2 aliphatic rings. The molecule has 0 unspecified atom stereocenters. The van der Waals surface area contributed by atoms with E-state index in [1.54, 1.807) is 42.5 Å². The monoisotopic (exact) mass is 571 g/mol. The number of hydrogen-bond acceptors (Lipinski definition) is 7. The standard InChI is InChI=1S/C24H15Br2NO6/c1-32-23(30)14-9-5-6-10-27(19(14)24(31)33-2)20-16(26)11-15(25)17-18(20)22(29)13-8-4-3-7-12(13)21(17)28/h3-11H,1-2H3. The van der Waals surface area contributed by atoms with Crippen molar-refractivity contribution in [3.8, 4) is 0 Å². The van der Waals surface area contributed by atoms with Gasteiger partial charge in [-0.1, -0.05) is 30.3 Å². The second kappa shape index (κ2) is 8.92. The van der Waals surface area contributed by atoms with Crippen LogP contribution in [0.25, 0.3) is 0 Å². The van der Waals surface area contributed by atoms with Crippen LogP contribution in [0.4, 0.5) is 5.69 Å². The van der Waals surface area contributed by atoms with Crippen LogP contribution in [0, 0.1) is 0 Å². The molecule has 0 bridgehead atoms. The smallest absolute Gasteiger partial charge is 0.355 e. The molecule has 0 amide bonds. The summed E-state index contributed by atoms with van der Waals surface area (Å²) in [6.45, 7) is 0. The summed E-state index contributed by atoms with van der Waals surface area (Å²) in [5.41, 5.74) is 0.740. The maximum atomic E-state index is 13.6.